The fourth-order valence-electron chi connectivity index (χ4n) is 4.35. The first kappa shape index (κ1) is 28.1. The van der Waals surface area contributed by atoms with Crippen molar-refractivity contribution in [2.75, 3.05) is 26.2 Å². The molecule has 196 valence electrons. The van der Waals surface area contributed by atoms with Gasteiger partial charge in [-0.15, -0.1) is 0 Å². The summed E-state index contributed by atoms with van der Waals surface area (Å²) in [5.41, 5.74) is 0.745. The van der Waals surface area contributed by atoms with Gasteiger partial charge in [-0.25, -0.2) is 12.8 Å². The molecule has 0 bridgehead atoms. The highest BCUT2D eigenvalue weighted by Crippen LogP contribution is 2.23. The van der Waals surface area contributed by atoms with Crippen LogP contribution in [0.1, 0.15) is 39.2 Å². The monoisotopic (exact) mass is 537 g/mol. The maximum atomic E-state index is 13.7. The number of rotatable bonds is 9. The number of likely N-dealkylation sites (tertiary alicyclic amines) is 1. The zero-order chi connectivity index (χ0) is 26.5. The lowest BCUT2D eigenvalue weighted by molar-refractivity contribution is -0.137. The quantitative estimate of drug-likeness (QED) is 0.481. The Kier molecular flexibility index (Phi) is 9.49. The summed E-state index contributed by atoms with van der Waals surface area (Å²) in [6, 6.07) is 11.6. The smallest absolute Gasteiger partial charge is 0.243 e. The Labute approximate surface area is 217 Å². The maximum Gasteiger partial charge on any atom is 0.243 e. The summed E-state index contributed by atoms with van der Waals surface area (Å²) in [7, 11) is -3.95. The lowest BCUT2D eigenvalue weighted by Crippen LogP contribution is -2.51. The zero-order valence-electron chi connectivity index (χ0n) is 20.9. The van der Waals surface area contributed by atoms with E-state index >= 15 is 0 Å². The summed E-state index contributed by atoms with van der Waals surface area (Å²) in [4.78, 5) is 29.0. The fourth-order valence-corrected chi connectivity index (χ4v) is 6.03. The summed E-state index contributed by atoms with van der Waals surface area (Å²) in [5, 5.41) is 0.419. The molecule has 0 spiro atoms. The van der Waals surface area contributed by atoms with Gasteiger partial charge in [0.25, 0.3) is 0 Å². The normalized spacial score (nSPS) is 14.9. The number of benzene rings is 2. The van der Waals surface area contributed by atoms with Crippen LogP contribution in [-0.4, -0.2) is 66.6 Å². The molecule has 0 aromatic heterocycles. The number of carbonyl (C=O) groups excluding carboxylic acids is 2. The van der Waals surface area contributed by atoms with Gasteiger partial charge in [-0.2, -0.15) is 4.31 Å². The number of amides is 2. The largest absolute Gasteiger partial charge is 0.343 e. The van der Waals surface area contributed by atoms with Crippen LogP contribution in [0.3, 0.4) is 0 Å². The topological polar surface area (TPSA) is 78.0 Å². The Hall–Kier alpha value is -2.49. The third kappa shape index (κ3) is 7.27. The van der Waals surface area contributed by atoms with Crippen molar-refractivity contribution in [3.8, 4) is 0 Å². The Morgan fingerprint density at radius 1 is 1.06 bits per heavy atom. The molecule has 7 nitrogen and oxygen atoms in total. The van der Waals surface area contributed by atoms with Crippen molar-refractivity contribution in [2.45, 2.75) is 51.1 Å². The first-order valence-corrected chi connectivity index (χ1v) is 13.8. The molecule has 10 heteroatoms. The Morgan fingerprint density at radius 3 is 2.17 bits per heavy atom. The van der Waals surface area contributed by atoms with Crippen molar-refractivity contribution < 1.29 is 22.4 Å². The first-order chi connectivity index (χ1) is 17.0. The highest BCUT2D eigenvalue weighted by Gasteiger charge is 2.33. The minimum atomic E-state index is -3.95. The number of sulfonamides is 1. The van der Waals surface area contributed by atoms with E-state index in [-0.39, 0.29) is 54.1 Å². The van der Waals surface area contributed by atoms with Gasteiger partial charge in [-0.3, -0.25) is 9.59 Å². The van der Waals surface area contributed by atoms with Crippen LogP contribution < -0.4 is 0 Å². The van der Waals surface area contributed by atoms with Gasteiger partial charge in [0.15, 0.2) is 0 Å². The minimum absolute atomic E-state index is 0.00997. The van der Waals surface area contributed by atoms with Crippen molar-refractivity contribution in [1.82, 2.24) is 14.1 Å². The third-order valence-corrected chi connectivity index (χ3v) is 8.35. The number of carbonyl (C=O) groups is 2. The van der Waals surface area contributed by atoms with Gasteiger partial charge >= 0.3 is 0 Å². The summed E-state index contributed by atoms with van der Waals surface area (Å²) >= 11 is 5.94. The lowest BCUT2D eigenvalue weighted by atomic mass is 10.0. The standard InChI is InChI=1S/C26H33ClFN3O4S/c1-19(2)16-30(36(34,35)25-10-6-22(27)7-11-25)18-26(33)31(17-21-4-8-23(28)9-5-21)24-12-14-29(15-13-24)20(3)32/h4-11,19,24H,12-18H2,1-3H3. The van der Waals surface area contributed by atoms with Crippen LogP contribution in [0.4, 0.5) is 4.39 Å². The van der Waals surface area contributed by atoms with Crippen LogP contribution in [-0.2, 0) is 26.2 Å². The van der Waals surface area contributed by atoms with Gasteiger partial charge in [0, 0.05) is 44.2 Å². The summed E-state index contributed by atoms with van der Waals surface area (Å²) in [6.07, 6.45) is 1.17. The number of hydrogen-bond acceptors (Lipinski definition) is 4. The van der Waals surface area contributed by atoms with Crippen molar-refractivity contribution in [2.24, 2.45) is 5.92 Å². The molecule has 2 amide bonds. The van der Waals surface area contributed by atoms with Crippen molar-refractivity contribution >= 4 is 33.4 Å². The lowest BCUT2D eigenvalue weighted by Gasteiger charge is -2.39. The molecular weight excluding hydrogens is 505 g/mol. The Balaban J connectivity index is 1.87. The van der Waals surface area contributed by atoms with Crippen molar-refractivity contribution in [3.05, 3.63) is 64.9 Å². The Bertz CT molecular complexity index is 1150. The first-order valence-electron chi connectivity index (χ1n) is 12.0. The van der Waals surface area contributed by atoms with Crippen LogP contribution >= 0.6 is 11.6 Å². The van der Waals surface area contributed by atoms with Crippen LogP contribution in [0.25, 0.3) is 0 Å². The predicted molar refractivity (Wildman–Crippen MR) is 137 cm³/mol. The van der Waals surface area contributed by atoms with E-state index in [1.165, 1.54) is 47.6 Å². The summed E-state index contributed by atoms with van der Waals surface area (Å²) in [5.74, 6) is -0.728. The molecule has 0 N–H and O–H groups in total. The average molecular weight is 538 g/mol. The number of halogens is 2. The second kappa shape index (κ2) is 12.2. The molecule has 0 atom stereocenters. The third-order valence-electron chi connectivity index (χ3n) is 6.27. The molecule has 1 aliphatic heterocycles. The van der Waals surface area contributed by atoms with E-state index in [0.717, 1.165) is 5.56 Å². The van der Waals surface area contributed by atoms with Crippen LogP contribution in [0, 0.1) is 11.7 Å². The molecule has 1 fully saturated rings. The molecule has 1 saturated heterocycles. The fraction of sp³-hybridized carbons (Fsp3) is 0.462. The van der Waals surface area contributed by atoms with E-state index in [1.807, 2.05) is 13.8 Å². The van der Waals surface area contributed by atoms with Gasteiger partial charge in [0.1, 0.15) is 5.82 Å². The molecule has 1 heterocycles. The molecule has 0 unspecified atom stereocenters. The number of hydrogen-bond donors (Lipinski definition) is 0. The van der Waals surface area contributed by atoms with Crippen LogP contribution in [0.15, 0.2) is 53.4 Å². The van der Waals surface area contributed by atoms with Gasteiger partial charge in [0.05, 0.1) is 11.4 Å². The summed E-state index contributed by atoms with van der Waals surface area (Å²) < 4.78 is 41.6. The molecule has 0 saturated carbocycles. The van der Waals surface area contributed by atoms with Crippen molar-refractivity contribution in [1.29, 1.82) is 0 Å². The molecular formula is C26H33ClFN3O4S. The van der Waals surface area contributed by atoms with E-state index in [2.05, 4.69) is 0 Å². The van der Waals surface area contributed by atoms with Gasteiger partial charge < -0.3 is 9.80 Å². The highest BCUT2D eigenvalue weighted by molar-refractivity contribution is 7.89. The molecule has 0 aliphatic carbocycles. The minimum Gasteiger partial charge on any atom is -0.343 e. The van der Waals surface area contributed by atoms with E-state index in [9.17, 15) is 22.4 Å². The van der Waals surface area contributed by atoms with Gasteiger partial charge in [0.2, 0.25) is 21.8 Å². The van der Waals surface area contributed by atoms with Crippen LogP contribution in [0.2, 0.25) is 5.02 Å². The van der Waals surface area contributed by atoms with E-state index < -0.39 is 10.0 Å². The number of piperidine rings is 1. The highest BCUT2D eigenvalue weighted by atomic mass is 35.5. The molecule has 0 radical (unpaired) electrons. The average Bonchev–Trinajstić information content (AvgIpc) is 2.83. The van der Waals surface area contributed by atoms with Gasteiger partial charge in [-0.1, -0.05) is 37.6 Å². The maximum absolute atomic E-state index is 13.7. The number of nitrogens with zero attached hydrogens (tertiary/aromatic N) is 3. The Morgan fingerprint density at radius 2 is 1.64 bits per heavy atom. The second-order valence-electron chi connectivity index (χ2n) is 9.53. The van der Waals surface area contributed by atoms with Crippen molar-refractivity contribution in [3.63, 3.8) is 0 Å². The molecule has 3 rings (SSSR count). The van der Waals surface area contributed by atoms with Gasteiger partial charge in [-0.05, 0) is 60.7 Å². The van der Waals surface area contributed by atoms with Crippen LogP contribution in [0.5, 0.6) is 0 Å². The molecule has 2 aromatic rings. The van der Waals surface area contributed by atoms with E-state index in [0.29, 0.717) is 31.0 Å². The zero-order valence-corrected chi connectivity index (χ0v) is 22.4. The SMILES string of the molecule is CC(=O)N1CCC(N(Cc2ccc(F)cc2)C(=O)CN(CC(C)C)S(=O)(=O)c2ccc(Cl)cc2)CC1. The molecule has 1 aliphatic rings. The molecule has 36 heavy (non-hydrogen) atoms. The summed E-state index contributed by atoms with van der Waals surface area (Å²) in [6.45, 7) is 6.41. The molecule has 2 aromatic carbocycles. The predicted octanol–water partition coefficient (Wildman–Crippen LogP) is 4.17. The van der Waals surface area contributed by atoms with E-state index in [4.69, 9.17) is 11.6 Å². The van der Waals surface area contributed by atoms with E-state index in [1.54, 1.807) is 21.9 Å². The second-order valence-corrected chi connectivity index (χ2v) is 11.9.